The molecule has 0 aliphatic carbocycles. The van der Waals surface area contributed by atoms with Crippen LogP contribution in [-0.4, -0.2) is 45.8 Å². The number of aliphatic hydroxyl groups is 1. The van der Waals surface area contributed by atoms with E-state index in [1.54, 1.807) is 0 Å². The summed E-state index contributed by atoms with van der Waals surface area (Å²) in [5.41, 5.74) is 0. The number of nitrogens with zero attached hydrogens (tertiary/aromatic N) is 4. The van der Waals surface area contributed by atoms with Crippen LogP contribution < -0.4 is 10.2 Å². The van der Waals surface area contributed by atoms with Crippen LogP contribution >= 0.6 is 11.6 Å². The fourth-order valence-electron chi connectivity index (χ4n) is 1.85. The van der Waals surface area contributed by atoms with Crippen molar-refractivity contribution in [1.29, 1.82) is 0 Å². The summed E-state index contributed by atoms with van der Waals surface area (Å²) in [6.07, 6.45) is 1.44. The van der Waals surface area contributed by atoms with Gasteiger partial charge in [0.05, 0.1) is 6.10 Å². The number of hydrogen-bond donors (Lipinski definition) is 2. The Hall–Kier alpha value is -1.14. The van der Waals surface area contributed by atoms with Crippen LogP contribution in [0.5, 0.6) is 0 Å². The van der Waals surface area contributed by atoms with Crippen LogP contribution in [0.2, 0.25) is 5.28 Å². The van der Waals surface area contributed by atoms with Crippen LogP contribution in [0.3, 0.4) is 0 Å². The molecule has 17 heavy (non-hydrogen) atoms. The Bertz CT molecular complexity index is 389. The van der Waals surface area contributed by atoms with Crippen molar-refractivity contribution in [2.75, 3.05) is 29.9 Å². The largest absolute Gasteiger partial charge is 0.391 e. The zero-order valence-electron chi connectivity index (χ0n) is 9.73. The normalized spacial score (nSPS) is 20.4. The molecule has 0 bridgehead atoms. The van der Waals surface area contributed by atoms with Gasteiger partial charge in [-0.2, -0.15) is 15.0 Å². The highest BCUT2D eigenvalue weighted by Crippen LogP contribution is 2.18. The van der Waals surface area contributed by atoms with E-state index >= 15 is 0 Å². The van der Waals surface area contributed by atoms with Gasteiger partial charge in [0.2, 0.25) is 17.2 Å². The average Bonchev–Trinajstić information content (AvgIpc) is 2.28. The van der Waals surface area contributed by atoms with Crippen LogP contribution in [0.1, 0.15) is 19.8 Å². The molecule has 94 valence electrons. The minimum Gasteiger partial charge on any atom is -0.391 e. The van der Waals surface area contributed by atoms with Gasteiger partial charge in [0.15, 0.2) is 0 Å². The van der Waals surface area contributed by atoms with Crippen molar-refractivity contribution in [3.05, 3.63) is 5.28 Å². The Morgan fingerprint density at radius 1 is 1.47 bits per heavy atom. The summed E-state index contributed by atoms with van der Waals surface area (Å²) < 4.78 is 0. The third-order valence-corrected chi connectivity index (χ3v) is 2.78. The highest BCUT2D eigenvalue weighted by Gasteiger charge is 2.20. The molecular weight excluding hydrogens is 242 g/mol. The molecule has 7 heteroatoms. The standard InChI is InChI=1S/C10H16ClN5O/c1-2-12-9-13-8(11)14-10(15-9)16-5-3-4-7(17)6-16/h7,17H,2-6H2,1H3,(H,12,13,14,15). The molecule has 0 radical (unpaired) electrons. The highest BCUT2D eigenvalue weighted by molar-refractivity contribution is 6.28. The molecule has 1 saturated heterocycles. The molecule has 0 aromatic carbocycles. The first-order chi connectivity index (χ1) is 8.19. The fraction of sp³-hybridized carbons (Fsp3) is 0.700. The summed E-state index contributed by atoms with van der Waals surface area (Å²) in [5, 5.41) is 12.8. The summed E-state index contributed by atoms with van der Waals surface area (Å²) >= 11 is 5.85. The number of β-amino-alcohol motifs (C(OH)–C–C–N with tert-alkyl or cyclic N) is 1. The Balaban J connectivity index is 2.18. The SMILES string of the molecule is CCNc1nc(Cl)nc(N2CCCC(O)C2)n1. The fourth-order valence-corrected chi connectivity index (χ4v) is 2.01. The molecule has 1 aromatic rings. The molecule has 1 unspecified atom stereocenters. The van der Waals surface area contributed by atoms with E-state index in [1.165, 1.54) is 0 Å². The second-order valence-corrected chi connectivity index (χ2v) is 4.34. The van der Waals surface area contributed by atoms with Crippen molar-refractivity contribution in [3.8, 4) is 0 Å². The molecule has 2 heterocycles. The number of aromatic nitrogens is 3. The van der Waals surface area contributed by atoms with Crippen LogP contribution in [-0.2, 0) is 0 Å². The Labute approximate surface area is 105 Å². The molecule has 2 N–H and O–H groups in total. The van der Waals surface area contributed by atoms with Crippen molar-refractivity contribution in [1.82, 2.24) is 15.0 Å². The minimum atomic E-state index is -0.318. The van der Waals surface area contributed by atoms with Crippen LogP contribution in [0.25, 0.3) is 0 Å². The first kappa shape index (κ1) is 12.3. The van der Waals surface area contributed by atoms with Crippen molar-refractivity contribution >= 4 is 23.5 Å². The predicted octanol–water partition coefficient (Wildman–Crippen LogP) is 0.918. The second kappa shape index (κ2) is 5.46. The quantitative estimate of drug-likeness (QED) is 0.839. The average molecular weight is 258 g/mol. The van der Waals surface area contributed by atoms with Gasteiger partial charge >= 0.3 is 0 Å². The van der Waals surface area contributed by atoms with Crippen LogP contribution in [0.15, 0.2) is 0 Å². The van der Waals surface area contributed by atoms with Gasteiger partial charge in [0, 0.05) is 19.6 Å². The van der Waals surface area contributed by atoms with Gasteiger partial charge in [-0.05, 0) is 31.4 Å². The molecule has 6 nitrogen and oxygen atoms in total. The van der Waals surface area contributed by atoms with E-state index in [2.05, 4.69) is 20.3 Å². The first-order valence-electron chi connectivity index (χ1n) is 5.77. The van der Waals surface area contributed by atoms with E-state index in [1.807, 2.05) is 11.8 Å². The maximum absolute atomic E-state index is 9.62. The van der Waals surface area contributed by atoms with Crippen LogP contribution in [0, 0.1) is 0 Å². The lowest BCUT2D eigenvalue weighted by Crippen LogP contribution is -2.39. The summed E-state index contributed by atoms with van der Waals surface area (Å²) in [6.45, 7) is 4.07. The molecule has 0 spiro atoms. The number of anilines is 2. The van der Waals surface area contributed by atoms with Gasteiger partial charge in [-0.3, -0.25) is 0 Å². The minimum absolute atomic E-state index is 0.172. The van der Waals surface area contributed by atoms with E-state index in [9.17, 15) is 5.11 Å². The summed E-state index contributed by atoms with van der Waals surface area (Å²) in [5.74, 6) is 1.00. The Morgan fingerprint density at radius 2 is 2.29 bits per heavy atom. The second-order valence-electron chi connectivity index (χ2n) is 4.00. The Kier molecular flexibility index (Phi) is 3.96. The van der Waals surface area contributed by atoms with Gasteiger partial charge in [-0.1, -0.05) is 0 Å². The lowest BCUT2D eigenvalue weighted by molar-refractivity contribution is 0.153. The summed E-state index contributed by atoms with van der Waals surface area (Å²) in [4.78, 5) is 14.3. The summed E-state index contributed by atoms with van der Waals surface area (Å²) in [7, 11) is 0. The van der Waals surface area contributed by atoms with Gasteiger partial charge in [-0.25, -0.2) is 0 Å². The van der Waals surface area contributed by atoms with Gasteiger partial charge in [-0.15, -0.1) is 0 Å². The lowest BCUT2D eigenvalue weighted by atomic mass is 10.1. The van der Waals surface area contributed by atoms with Crippen molar-refractivity contribution in [2.45, 2.75) is 25.9 Å². The molecule has 0 saturated carbocycles. The first-order valence-corrected chi connectivity index (χ1v) is 6.15. The highest BCUT2D eigenvalue weighted by atomic mass is 35.5. The van der Waals surface area contributed by atoms with Crippen LogP contribution in [0.4, 0.5) is 11.9 Å². The van der Waals surface area contributed by atoms with Gasteiger partial charge < -0.3 is 15.3 Å². The monoisotopic (exact) mass is 257 g/mol. The predicted molar refractivity (Wildman–Crippen MR) is 66.5 cm³/mol. The zero-order chi connectivity index (χ0) is 12.3. The number of halogens is 1. The number of aliphatic hydroxyl groups excluding tert-OH is 1. The molecule has 1 fully saturated rings. The van der Waals surface area contributed by atoms with E-state index < -0.39 is 0 Å². The maximum atomic E-state index is 9.62. The van der Waals surface area contributed by atoms with Crippen molar-refractivity contribution in [3.63, 3.8) is 0 Å². The third kappa shape index (κ3) is 3.17. The number of piperidine rings is 1. The molecule has 0 amide bonds. The van der Waals surface area contributed by atoms with E-state index in [0.29, 0.717) is 18.4 Å². The molecule has 1 atom stereocenters. The molecule has 1 aliphatic heterocycles. The van der Waals surface area contributed by atoms with E-state index in [4.69, 9.17) is 11.6 Å². The maximum Gasteiger partial charge on any atom is 0.231 e. The van der Waals surface area contributed by atoms with E-state index in [-0.39, 0.29) is 11.4 Å². The topological polar surface area (TPSA) is 74.2 Å². The van der Waals surface area contributed by atoms with E-state index in [0.717, 1.165) is 25.9 Å². The molecule has 2 rings (SSSR count). The van der Waals surface area contributed by atoms with Gasteiger partial charge in [0.1, 0.15) is 0 Å². The van der Waals surface area contributed by atoms with Crippen molar-refractivity contribution < 1.29 is 5.11 Å². The zero-order valence-corrected chi connectivity index (χ0v) is 10.5. The molecular formula is C10H16ClN5O. The lowest BCUT2D eigenvalue weighted by Gasteiger charge is -2.30. The van der Waals surface area contributed by atoms with Gasteiger partial charge in [0.25, 0.3) is 0 Å². The molecule has 1 aliphatic rings. The third-order valence-electron chi connectivity index (χ3n) is 2.61. The molecule has 1 aromatic heterocycles. The summed E-state index contributed by atoms with van der Waals surface area (Å²) in [6, 6.07) is 0. The number of hydrogen-bond acceptors (Lipinski definition) is 6. The van der Waals surface area contributed by atoms with Crippen molar-refractivity contribution in [2.24, 2.45) is 0 Å². The smallest absolute Gasteiger partial charge is 0.231 e. The number of nitrogens with one attached hydrogen (secondary N) is 1. The number of rotatable bonds is 3. The Morgan fingerprint density at radius 3 is 3.00 bits per heavy atom.